The highest BCUT2D eigenvalue weighted by molar-refractivity contribution is 6.30. The van der Waals surface area contributed by atoms with Gasteiger partial charge in [0, 0.05) is 12.1 Å². The second kappa shape index (κ2) is 3.68. The zero-order chi connectivity index (χ0) is 9.14. The van der Waals surface area contributed by atoms with Crippen molar-refractivity contribution in [2.75, 3.05) is 0 Å². The Labute approximate surface area is 76.6 Å². The average molecular weight is 184 g/mol. The van der Waals surface area contributed by atoms with E-state index < -0.39 is 0 Å². The van der Waals surface area contributed by atoms with E-state index in [2.05, 4.69) is 4.98 Å². The van der Waals surface area contributed by atoms with Crippen LogP contribution in [0.15, 0.2) is 12.1 Å². The van der Waals surface area contributed by atoms with E-state index in [9.17, 15) is 4.79 Å². The first kappa shape index (κ1) is 9.20. The minimum atomic E-state index is 0.0996. The molecular formula is C9H10ClNO. The summed E-state index contributed by atoms with van der Waals surface area (Å²) in [4.78, 5) is 14.8. The van der Waals surface area contributed by atoms with Crippen molar-refractivity contribution in [2.24, 2.45) is 0 Å². The van der Waals surface area contributed by atoms with Gasteiger partial charge in [-0.15, -0.1) is 0 Å². The van der Waals surface area contributed by atoms with Gasteiger partial charge in [0.1, 0.15) is 10.9 Å². The van der Waals surface area contributed by atoms with Gasteiger partial charge in [-0.25, -0.2) is 4.98 Å². The van der Waals surface area contributed by atoms with Crippen LogP contribution < -0.4 is 0 Å². The first-order valence-corrected chi connectivity index (χ1v) is 4.09. The molecule has 0 atom stereocenters. The molecule has 2 nitrogen and oxygen atoms in total. The Bertz CT molecular complexity index is 309. The molecule has 0 radical (unpaired) electrons. The fourth-order valence-corrected chi connectivity index (χ4v) is 1.22. The van der Waals surface area contributed by atoms with Crippen molar-refractivity contribution in [3.05, 3.63) is 28.5 Å². The van der Waals surface area contributed by atoms with E-state index >= 15 is 0 Å². The molecule has 1 rings (SSSR count). The van der Waals surface area contributed by atoms with E-state index in [0.29, 0.717) is 11.6 Å². The lowest BCUT2D eigenvalue weighted by molar-refractivity contribution is -0.116. The second-order valence-corrected chi connectivity index (χ2v) is 3.14. The molecule has 0 unspecified atom stereocenters. The van der Waals surface area contributed by atoms with Crippen molar-refractivity contribution in [3.63, 3.8) is 0 Å². The Hall–Kier alpha value is -0.890. The number of carbonyl (C=O) groups excluding carboxylic acids is 1. The van der Waals surface area contributed by atoms with Crippen molar-refractivity contribution < 1.29 is 4.79 Å². The average Bonchev–Trinajstić information content (AvgIpc) is 1.94. The normalized spacial score (nSPS) is 9.92. The molecule has 0 N–H and O–H groups in total. The van der Waals surface area contributed by atoms with Gasteiger partial charge in [0.15, 0.2) is 0 Å². The molecule has 0 aliphatic rings. The molecule has 12 heavy (non-hydrogen) atoms. The molecule has 0 aliphatic carbocycles. The lowest BCUT2D eigenvalue weighted by Crippen LogP contribution is -1.98. The van der Waals surface area contributed by atoms with Gasteiger partial charge in [0.25, 0.3) is 0 Å². The molecule has 0 spiro atoms. The summed E-state index contributed by atoms with van der Waals surface area (Å²) in [6, 6.07) is 3.69. The number of rotatable bonds is 2. The third-order valence-electron chi connectivity index (χ3n) is 1.50. The van der Waals surface area contributed by atoms with Crippen LogP contribution in [0.4, 0.5) is 0 Å². The molecule has 0 aromatic carbocycles. The van der Waals surface area contributed by atoms with Gasteiger partial charge in [-0.2, -0.15) is 0 Å². The number of hydrogen-bond donors (Lipinski definition) is 0. The number of Topliss-reactive ketones (excluding diaryl/α,β-unsaturated/α-hetero) is 1. The van der Waals surface area contributed by atoms with Gasteiger partial charge < -0.3 is 0 Å². The maximum Gasteiger partial charge on any atom is 0.134 e. The summed E-state index contributed by atoms with van der Waals surface area (Å²) in [6.07, 6.45) is 0.367. The van der Waals surface area contributed by atoms with Crippen molar-refractivity contribution in [1.82, 2.24) is 4.98 Å². The zero-order valence-corrected chi connectivity index (χ0v) is 7.85. The molecule has 0 fully saturated rings. The van der Waals surface area contributed by atoms with E-state index in [0.717, 1.165) is 11.3 Å². The molecular weight excluding hydrogens is 174 g/mol. The number of aryl methyl sites for hydroxylation is 1. The SMILES string of the molecule is CC(=O)Cc1ccc(C)nc1Cl. The van der Waals surface area contributed by atoms with Gasteiger partial charge in [0.05, 0.1) is 0 Å². The maximum absolute atomic E-state index is 10.8. The smallest absolute Gasteiger partial charge is 0.134 e. The summed E-state index contributed by atoms with van der Waals surface area (Å²) in [5.41, 5.74) is 1.67. The molecule has 0 bridgehead atoms. The Morgan fingerprint density at radius 3 is 2.75 bits per heavy atom. The number of aromatic nitrogens is 1. The van der Waals surface area contributed by atoms with E-state index in [1.165, 1.54) is 6.92 Å². The predicted molar refractivity (Wildman–Crippen MR) is 48.4 cm³/mol. The van der Waals surface area contributed by atoms with Crippen LogP contribution in [0.1, 0.15) is 18.2 Å². The van der Waals surface area contributed by atoms with Crippen molar-refractivity contribution in [2.45, 2.75) is 20.3 Å². The van der Waals surface area contributed by atoms with Gasteiger partial charge in [0.2, 0.25) is 0 Å². The minimum absolute atomic E-state index is 0.0996. The molecule has 3 heteroatoms. The third-order valence-corrected chi connectivity index (χ3v) is 1.83. The van der Waals surface area contributed by atoms with Crippen molar-refractivity contribution in [1.29, 1.82) is 0 Å². The lowest BCUT2D eigenvalue weighted by Gasteiger charge is -2.00. The molecule has 1 aromatic rings. The van der Waals surface area contributed by atoms with Crippen LogP contribution in [0, 0.1) is 6.92 Å². The summed E-state index contributed by atoms with van der Waals surface area (Å²) in [6.45, 7) is 3.40. The number of pyridine rings is 1. The van der Waals surface area contributed by atoms with E-state index in [4.69, 9.17) is 11.6 Å². The van der Waals surface area contributed by atoms with Crippen LogP contribution in [-0.4, -0.2) is 10.8 Å². The van der Waals surface area contributed by atoms with Gasteiger partial charge >= 0.3 is 0 Å². The Kier molecular flexibility index (Phi) is 2.82. The van der Waals surface area contributed by atoms with Crippen molar-refractivity contribution in [3.8, 4) is 0 Å². The number of ketones is 1. The zero-order valence-electron chi connectivity index (χ0n) is 7.10. The minimum Gasteiger partial charge on any atom is -0.300 e. The van der Waals surface area contributed by atoms with Crippen molar-refractivity contribution >= 4 is 17.4 Å². The first-order valence-electron chi connectivity index (χ1n) is 3.71. The summed E-state index contributed by atoms with van der Waals surface area (Å²) in [7, 11) is 0. The van der Waals surface area contributed by atoms with Crippen LogP contribution >= 0.6 is 11.6 Å². The van der Waals surface area contributed by atoms with Gasteiger partial charge in [-0.1, -0.05) is 17.7 Å². The topological polar surface area (TPSA) is 30.0 Å². The predicted octanol–water partition coefficient (Wildman–Crippen LogP) is 2.17. The van der Waals surface area contributed by atoms with E-state index in [-0.39, 0.29) is 5.78 Å². The monoisotopic (exact) mass is 183 g/mol. The lowest BCUT2D eigenvalue weighted by atomic mass is 10.1. The highest BCUT2D eigenvalue weighted by atomic mass is 35.5. The highest BCUT2D eigenvalue weighted by Gasteiger charge is 2.03. The molecule has 0 amide bonds. The largest absolute Gasteiger partial charge is 0.300 e. The number of carbonyl (C=O) groups is 1. The number of hydrogen-bond acceptors (Lipinski definition) is 2. The fraction of sp³-hybridized carbons (Fsp3) is 0.333. The fourth-order valence-electron chi connectivity index (χ4n) is 0.954. The Balaban J connectivity index is 2.93. The van der Waals surface area contributed by atoms with Crippen LogP contribution in [-0.2, 0) is 11.2 Å². The van der Waals surface area contributed by atoms with Crippen LogP contribution in [0.5, 0.6) is 0 Å². The summed E-state index contributed by atoms with van der Waals surface area (Å²) < 4.78 is 0. The van der Waals surface area contributed by atoms with Crippen LogP contribution in [0.25, 0.3) is 0 Å². The molecule has 0 saturated carbocycles. The molecule has 0 aliphatic heterocycles. The molecule has 1 aromatic heterocycles. The Morgan fingerprint density at radius 1 is 1.58 bits per heavy atom. The van der Waals surface area contributed by atoms with E-state index in [1.54, 1.807) is 0 Å². The second-order valence-electron chi connectivity index (χ2n) is 2.78. The van der Waals surface area contributed by atoms with Gasteiger partial charge in [-0.05, 0) is 25.5 Å². The maximum atomic E-state index is 10.8. The third kappa shape index (κ3) is 2.31. The molecule has 1 heterocycles. The van der Waals surface area contributed by atoms with E-state index in [1.807, 2.05) is 19.1 Å². The molecule has 64 valence electrons. The quantitative estimate of drug-likeness (QED) is 0.658. The summed E-state index contributed by atoms with van der Waals surface area (Å²) >= 11 is 5.81. The summed E-state index contributed by atoms with van der Waals surface area (Å²) in [5.74, 6) is 0.0996. The Morgan fingerprint density at radius 2 is 2.25 bits per heavy atom. The summed E-state index contributed by atoms with van der Waals surface area (Å²) in [5, 5.41) is 0.435. The van der Waals surface area contributed by atoms with Crippen LogP contribution in [0.3, 0.4) is 0 Å². The number of halogens is 1. The standard InChI is InChI=1S/C9H10ClNO/c1-6-3-4-8(5-7(2)12)9(10)11-6/h3-4H,5H2,1-2H3. The first-order chi connectivity index (χ1) is 5.59. The number of nitrogens with zero attached hydrogens (tertiary/aromatic N) is 1. The molecule has 0 saturated heterocycles. The highest BCUT2D eigenvalue weighted by Crippen LogP contribution is 2.14. The van der Waals surface area contributed by atoms with Gasteiger partial charge in [-0.3, -0.25) is 4.79 Å². The van der Waals surface area contributed by atoms with Crippen LogP contribution in [0.2, 0.25) is 5.15 Å².